The zero-order valence-electron chi connectivity index (χ0n) is 23.2. The summed E-state index contributed by atoms with van der Waals surface area (Å²) in [6.07, 6.45) is 0. The second-order valence-corrected chi connectivity index (χ2v) is 12.3. The molecule has 0 saturated heterocycles. The topological polar surface area (TPSA) is 71.3 Å². The Morgan fingerprint density at radius 1 is 0.409 bits per heavy atom. The van der Waals surface area contributed by atoms with Crippen LogP contribution in [-0.2, 0) is 13.1 Å². The lowest BCUT2D eigenvalue weighted by Crippen LogP contribution is -2.31. The van der Waals surface area contributed by atoms with E-state index in [0.29, 0.717) is 33.7 Å². The maximum atomic E-state index is 4.96. The van der Waals surface area contributed by atoms with Crippen LogP contribution in [0.15, 0.2) is 118 Å². The van der Waals surface area contributed by atoms with Gasteiger partial charge in [-0.1, -0.05) is 48.5 Å². The lowest BCUT2D eigenvalue weighted by Gasteiger charge is -2.33. The Bertz CT molecular complexity index is 2170. The van der Waals surface area contributed by atoms with Gasteiger partial charge in [0, 0.05) is 13.1 Å². The zero-order valence-corrected chi connectivity index (χ0v) is 26.8. The van der Waals surface area contributed by atoms with Gasteiger partial charge in [-0.2, -0.15) is 0 Å². The number of hydrogen-bond acceptors (Lipinski definition) is 8. The molecule has 0 bridgehead atoms. The molecule has 2 atom stereocenters. The maximum Gasteiger partial charge on any atom is 0.166 e. The highest BCUT2D eigenvalue weighted by Gasteiger charge is 2.33. The molecule has 0 fully saturated rings. The van der Waals surface area contributed by atoms with Crippen LogP contribution < -0.4 is 0 Å². The summed E-state index contributed by atoms with van der Waals surface area (Å²) in [6.45, 7) is 1.04. The van der Waals surface area contributed by atoms with Crippen LogP contribution >= 0.6 is 50.5 Å². The van der Waals surface area contributed by atoms with Gasteiger partial charge in [-0.25, -0.2) is 19.9 Å². The predicted molar refractivity (Wildman–Crippen MR) is 186 cm³/mol. The quantitative estimate of drug-likeness (QED) is 0.136. The van der Waals surface area contributed by atoms with Crippen molar-refractivity contribution in [2.45, 2.75) is 45.8 Å². The molecule has 0 aliphatic heterocycles. The minimum Gasteiger partial charge on any atom is -0.317 e. The standard InChI is InChI=1S/C32H26N8S4/c41-29-33-19-9-1-5-13-23(19)37(29)17-27(39-25-15-7-3-11-21(25)35-31(39)43)28(40-26-16-8-4-12-22(26)36-32(40)44)18-38-24-14-6-2-10-20(24)34-30(38)42/h1-16,27-28H,17-18H2,(H,33,41)(H,34,42)(H,35,43)(H,36,44). The number of para-hydroxylation sites is 8. The van der Waals surface area contributed by atoms with Gasteiger partial charge in [0.1, 0.15) is 0 Å². The molecule has 4 heterocycles. The van der Waals surface area contributed by atoms with Crippen molar-refractivity contribution >= 4 is 94.6 Å². The van der Waals surface area contributed by atoms with E-state index in [4.69, 9.17) is 70.5 Å². The smallest absolute Gasteiger partial charge is 0.166 e. The monoisotopic (exact) mass is 650 g/mol. The Labute approximate surface area is 274 Å². The molecular weight excluding hydrogens is 625 g/mol. The largest absolute Gasteiger partial charge is 0.317 e. The van der Waals surface area contributed by atoms with Crippen LogP contribution in [0.2, 0.25) is 0 Å². The number of aromatic nitrogens is 8. The van der Waals surface area contributed by atoms with Gasteiger partial charge in [-0.3, -0.25) is 0 Å². The molecular formula is C32H26N8S4. The molecule has 44 heavy (non-hydrogen) atoms. The van der Waals surface area contributed by atoms with Crippen LogP contribution in [-0.4, -0.2) is 38.2 Å². The first-order valence-electron chi connectivity index (χ1n) is 14.1. The van der Waals surface area contributed by atoms with Gasteiger partial charge in [-0.05, 0) is 48.5 Å². The second-order valence-electron chi connectivity index (χ2n) is 10.7. The number of benzene rings is 4. The zero-order chi connectivity index (χ0) is 29.9. The minimum atomic E-state index is -0.254. The fraction of sp³-hybridized carbons (Fsp3) is 0.125. The summed E-state index contributed by atoms with van der Waals surface area (Å²) < 4.78 is 8.74. The van der Waals surface area contributed by atoms with Crippen LogP contribution in [0.3, 0.4) is 0 Å². The van der Waals surface area contributed by atoms with Crippen molar-refractivity contribution in [3.63, 3.8) is 0 Å². The number of fused-ring (bicyclic) bond motifs is 4. The molecule has 0 aliphatic carbocycles. The summed E-state index contributed by atoms with van der Waals surface area (Å²) in [5.74, 6) is 0. The third-order valence-electron chi connectivity index (χ3n) is 8.27. The molecule has 0 saturated carbocycles. The fourth-order valence-corrected chi connectivity index (χ4v) is 7.65. The third-order valence-corrected chi connectivity index (χ3v) is 9.58. The van der Waals surface area contributed by atoms with Gasteiger partial charge in [0.25, 0.3) is 0 Å². The summed E-state index contributed by atoms with van der Waals surface area (Å²) in [6, 6.07) is 31.9. The van der Waals surface area contributed by atoms with Gasteiger partial charge >= 0.3 is 0 Å². The molecule has 2 unspecified atom stereocenters. The molecule has 218 valence electrons. The van der Waals surface area contributed by atoms with E-state index in [-0.39, 0.29) is 12.1 Å². The molecule has 0 spiro atoms. The molecule has 8 nitrogen and oxygen atoms in total. The Balaban J connectivity index is 1.42. The van der Waals surface area contributed by atoms with Crippen molar-refractivity contribution in [2.24, 2.45) is 0 Å². The Hall–Kier alpha value is -3.84. The predicted octanol–water partition coefficient (Wildman–Crippen LogP) is 7.42. The van der Waals surface area contributed by atoms with E-state index in [0.717, 1.165) is 44.1 Å². The number of thiol groups is 4. The van der Waals surface area contributed by atoms with Crippen LogP contribution in [0.4, 0.5) is 0 Å². The highest BCUT2D eigenvalue weighted by molar-refractivity contribution is 7.80. The first-order chi connectivity index (χ1) is 21.5. The molecule has 0 aliphatic rings. The number of rotatable bonds is 7. The van der Waals surface area contributed by atoms with E-state index in [1.807, 2.05) is 72.8 Å². The van der Waals surface area contributed by atoms with Crippen molar-refractivity contribution in [2.75, 3.05) is 0 Å². The Kier molecular flexibility index (Phi) is 6.89. The summed E-state index contributed by atoms with van der Waals surface area (Å²) in [5.41, 5.74) is 7.45. The van der Waals surface area contributed by atoms with E-state index >= 15 is 0 Å². The molecule has 4 aromatic heterocycles. The first-order valence-corrected chi connectivity index (χ1v) is 15.9. The summed E-state index contributed by atoms with van der Waals surface area (Å²) in [5, 5.41) is 2.48. The highest BCUT2D eigenvalue weighted by atomic mass is 32.1. The summed E-state index contributed by atoms with van der Waals surface area (Å²) in [4.78, 5) is 19.3. The average Bonchev–Trinajstić information content (AvgIpc) is 3.74. The third kappa shape index (κ3) is 4.50. The molecule has 4 aromatic carbocycles. The van der Waals surface area contributed by atoms with Gasteiger partial charge in [-0.15, -0.1) is 50.5 Å². The van der Waals surface area contributed by atoms with E-state index in [1.165, 1.54) is 0 Å². The van der Waals surface area contributed by atoms with E-state index < -0.39 is 0 Å². The van der Waals surface area contributed by atoms with E-state index in [9.17, 15) is 0 Å². The fourth-order valence-electron chi connectivity index (χ4n) is 6.33. The number of nitrogens with zero attached hydrogens (tertiary/aromatic N) is 8. The highest BCUT2D eigenvalue weighted by Crippen LogP contribution is 2.39. The van der Waals surface area contributed by atoms with Crippen molar-refractivity contribution < 1.29 is 0 Å². The summed E-state index contributed by atoms with van der Waals surface area (Å²) >= 11 is 19.6. The molecule has 0 radical (unpaired) electrons. The Morgan fingerprint density at radius 2 is 0.705 bits per heavy atom. The van der Waals surface area contributed by atoms with Gasteiger partial charge in [0.2, 0.25) is 0 Å². The van der Waals surface area contributed by atoms with Crippen LogP contribution in [0.5, 0.6) is 0 Å². The van der Waals surface area contributed by atoms with E-state index in [1.54, 1.807) is 0 Å². The maximum absolute atomic E-state index is 4.96. The molecule has 0 N–H and O–H groups in total. The average molecular weight is 651 g/mol. The molecule has 8 rings (SSSR count). The van der Waals surface area contributed by atoms with Crippen LogP contribution in [0, 0.1) is 0 Å². The lowest BCUT2D eigenvalue weighted by atomic mass is 10.1. The molecule has 12 heteroatoms. The SMILES string of the molecule is Sc1nc2ccccc2n1CC(C(Cn1c(S)nc2ccccc21)n1c(S)nc2ccccc21)n1c(S)nc2ccccc21. The van der Waals surface area contributed by atoms with Crippen LogP contribution in [0.25, 0.3) is 44.1 Å². The lowest BCUT2D eigenvalue weighted by molar-refractivity contribution is 0.246. The van der Waals surface area contributed by atoms with Crippen molar-refractivity contribution in [1.29, 1.82) is 0 Å². The minimum absolute atomic E-state index is 0.254. The van der Waals surface area contributed by atoms with Crippen molar-refractivity contribution in [3.05, 3.63) is 97.1 Å². The normalized spacial score (nSPS) is 13.5. The second kappa shape index (κ2) is 11.0. The number of hydrogen-bond donors (Lipinski definition) is 4. The van der Waals surface area contributed by atoms with Crippen molar-refractivity contribution in [3.8, 4) is 0 Å². The van der Waals surface area contributed by atoms with Gasteiger partial charge in [0.15, 0.2) is 20.6 Å². The first kappa shape index (κ1) is 27.7. The molecule has 8 aromatic rings. The van der Waals surface area contributed by atoms with Gasteiger partial charge in [0.05, 0.1) is 56.2 Å². The van der Waals surface area contributed by atoms with Gasteiger partial charge < -0.3 is 18.3 Å². The summed E-state index contributed by atoms with van der Waals surface area (Å²) in [7, 11) is 0. The van der Waals surface area contributed by atoms with Crippen LogP contribution in [0.1, 0.15) is 12.1 Å². The Morgan fingerprint density at radius 3 is 1.09 bits per heavy atom. The van der Waals surface area contributed by atoms with Crippen molar-refractivity contribution in [1.82, 2.24) is 38.2 Å². The number of imidazole rings is 4. The van der Waals surface area contributed by atoms with E-state index in [2.05, 4.69) is 42.5 Å². The molecule has 0 amide bonds.